The number of carbonyl (C=O) groups is 2. The van der Waals surface area contributed by atoms with Crippen LogP contribution in [-0.2, 0) is 23.8 Å². The Morgan fingerprint density at radius 1 is 1.45 bits per heavy atom. The van der Waals surface area contributed by atoms with E-state index in [1.54, 1.807) is 0 Å². The molecule has 1 amide bonds. The highest BCUT2D eigenvalue weighted by molar-refractivity contribution is 5.83. The minimum Gasteiger partial charge on any atom is -0.480 e. The molecule has 1 fully saturated rings. The molecule has 0 aromatic heterocycles. The molecule has 7 nitrogen and oxygen atoms in total. The maximum atomic E-state index is 11.6. The van der Waals surface area contributed by atoms with E-state index in [1.165, 1.54) is 7.11 Å². The lowest BCUT2D eigenvalue weighted by Gasteiger charge is -2.14. The van der Waals surface area contributed by atoms with Crippen molar-refractivity contribution in [2.24, 2.45) is 0 Å². The Morgan fingerprint density at radius 2 is 2.25 bits per heavy atom. The van der Waals surface area contributed by atoms with Gasteiger partial charge in [0.1, 0.15) is 6.04 Å². The molecule has 1 aliphatic heterocycles. The number of carboxylic acid groups (broad SMARTS) is 1. The molecule has 20 heavy (non-hydrogen) atoms. The van der Waals surface area contributed by atoms with Crippen LogP contribution in [0.3, 0.4) is 0 Å². The number of ether oxygens (including phenoxy) is 3. The van der Waals surface area contributed by atoms with Gasteiger partial charge in [-0.1, -0.05) is 0 Å². The number of rotatable bonds is 10. The fourth-order valence-corrected chi connectivity index (χ4v) is 1.92. The predicted molar refractivity (Wildman–Crippen MR) is 70.5 cm³/mol. The van der Waals surface area contributed by atoms with Gasteiger partial charge in [0.25, 0.3) is 0 Å². The maximum Gasteiger partial charge on any atom is 0.326 e. The van der Waals surface area contributed by atoms with E-state index in [-0.39, 0.29) is 38.1 Å². The number of carboxylic acids is 1. The molecule has 1 rings (SSSR count). The first-order valence-corrected chi connectivity index (χ1v) is 6.84. The van der Waals surface area contributed by atoms with Crippen LogP contribution in [0.1, 0.15) is 25.7 Å². The van der Waals surface area contributed by atoms with Gasteiger partial charge < -0.3 is 24.6 Å². The molecule has 2 unspecified atom stereocenters. The average molecular weight is 289 g/mol. The lowest BCUT2D eigenvalue weighted by Crippen LogP contribution is -2.41. The van der Waals surface area contributed by atoms with E-state index >= 15 is 0 Å². The number of amides is 1. The predicted octanol–water partition coefficient (Wildman–Crippen LogP) is 0.178. The minimum atomic E-state index is -1.06. The SMILES string of the molecule is COCCC(NC(=O)CCOCC1CCCO1)C(=O)O. The van der Waals surface area contributed by atoms with Gasteiger partial charge in [0.15, 0.2) is 0 Å². The molecule has 0 aromatic carbocycles. The highest BCUT2D eigenvalue weighted by Crippen LogP contribution is 2.11. The summed E-state index contributed by atoms with van der Waals surface area (Å²) in [4.78, 5) is 22.5. The molecule has 0 radical (unpaired) electrons. The van der Waals surface area contributed by atoms with Gasteiger partial charge in [-0.25, -0.2) is 4.79 Å². The van der Waals surface area contributed by atoms with Crippen molar-refractivity contribution in [3.63, 3.8) is 0 Å². The molecule has 7 heteroatoms. The van der Waals surface area contributed by atoms with Crippen LogP contribution in [0, 0.1) is 0 Å². The third-order valence-electron chi connectivity index (χ3n) is 3.05. The molecular formula is C13H23NO6. The molecule has 2 N–H and O–H groups in total. The van der Waals surface area contributed by atoms with Crippen molar-refractivity contribution in [2.75, 3.05) is 33.5 Å². The maximum absolute atomic E-state index is 11.6. The number of hydrogen-bond acceptors (Lipinski definition) is 5. The van der Waals surface area contributed by atoms with Crippen molar-refractivity contribution in [1.82, 2.24) is 5.32 Å². The molecular weight excluding hydrogens is 266 g/mol. The molecule has 0 aliphatic carbocycles. The van der Waals surface area contributed by atoms with Gasteiger partial charge in [-0.05, 0) is 12.8 Å². The lowest BCUT2D eigenvalue weighted by molar-refractivity contribution is -0.142. The van der Waals surface area contributed by atoms with Gasteiger partial charge in [0.05, 0.1) is 19.3 Å². The van der Waals surface area contributed by atoms with Crippen LogP contribution < -0.4 is 5.32 Å². The zero-order valence-corrected chi connectivity index (χ0v) is 11.8. The largest absolute Gasteiger partial charge is 0.480 e. The standard InChI is InChI=1S/C13H23NO6/c1-18-7-4-11(13(16)17)14-12(15)5-8-19-9-10-3-2-6-20-10/h10-11H,2-9H2,1H3,(H,14,15)(H,16,17). The summed E-state index contributed by atoms with van der Waals surface area (Å²) in [5, 5.41) is 11.4. The Labute approximate surface area is 118 Å². The van der Waals surface area contributed by atoms with Crippen LogP contribution in [-0.4, -0.2) is 62.7 Å². The molecule has 0 spiro atoms. The molecule has 0 saturated carbocycles. The second-order valence-electron chi connectivity index (χ2n) is 4.70. The Kier molecular flexibility index (Phi) is 8.17. The number of aliphatic carboxylic acids is 1. The summed E-state index contributed by atoms with van der Waals surface area (Å²) in [6.45, 7) is 1.81. The van der Waals surface area contributed by atoms with Crippen molar-refractivity contribution in [3.05, 3.63) is 0 Å². The van der Waals surface area contributed by atoms with Gasteiger partial charge >= 0.3 is 5.97 Å². The van der Waals surface area contributed by atoms with E-state index in [0.29, 0.717) is 6.61 Å². The van der Waals surface area contributed by atoms with Gasteiger partial charge in [0.2, 0.25) is 5.91 Å². The Morgan fingerprint density at radius 3 is 2.85 bits per heavy atom. The van der Waals surface area contributed by atoms with Crippen molar-refractivity contribution in [3.8, 4) is 0 Å². The summed E-state index contributed by atoms with van der Waals surface area (Å²) in [5.41, 5.74) is 0. The summed E-state index contributed by atoms with van der Waals surface area (Å²) in [6, 6.07) is -0.916. The Hall–Kier alpha value is -1.18. The first-order chi connectivity index (χ1) is 9.63. The van der Waals surface area contributed by atoms with E-state index in [1.807, 2.05) is 0 Å². The molecule has 116 valence electrons. The smallest absolute Gasteiger partial charge is 0.326 e. The number of carbonyl (C=O) groups excluding carboxylic acids is 1. The molecule has 1 saturated heterocycles. The normalized spacial score (nSPS) is 19.8. The third kappa shape index (κ3) is 6.83. The van der Waals surface area contributed by atoms with Crippen LogP contribution >= 0.6 is 0 Å². The highest BCUT2D eigenvalue weighted by Gasteiger charge is 2.19. The second-order valence-corrected chi connectivity index (χ2v) is 4.70. The van der Waals surface area contributed by atoms with Crippen LogP contribution in [0.25, 0.3) is 0 Å². The van der Waals surface area contributed by atoms with Gasteiger partial charge in [0, 0.05) is 33.2 Å². The minimum absolute atomic E-state index is 0.131. The number of methoxy groups -OCH3 is 1. The van der Waals surface area contributed by atoms with Crippen LogP contribution in [0.4, 0.5) is 0 Å². The van der Waals surface area contributed by atoms with Crippen molar-refractivity contribution in [2.45, 2.75) is 37.8 Å². The number of nitrogens with one attached hydrogen (secondary N) is 1. The molecule has 0 bridgehead atoms. The molecule has 1 aliphatic rings. The van der Waals surface area contributed by atoms with E-state index in [2.05, 4.69) is 5.32 Å². The van der Waals surface area contributed by atoms with E-state index in [9.17, 15) is 9.59 Å². The van der Waals surface area contributed by atoms with Crippen LogP contribution in [0.2, 0.25) is 0 Å². The summed E-state index contributed by atoms with van der Waals surface area (Å²) in [7, 11) is 1.49. The van der Waals surface area contributed by atoms with Gasteiger partial charge in [-0.2, -0.15) is 0 Å². The average Bonchev–Trinajstić information content (AvgIpc) is 2.92. The topological polar surface area (TPSA) is 94.1 Å². The van der Waals surface area contributed by atoms with Crippen molar-refractivity contribution < 1.29 is 28.9 Å². The summed E-state index contributed by atoms with van der Waals surface area (Å²) < 4.78 is 15.5. The highest BCUT2D eigenvalue weighted by atomic mass is 16.5. The van der Waals surface area contributed by atoms with E-state index in [0.717, 1.165) is 19.4 Å². The van der Waals surface area contributed by atoms with Crippen LogP contribution in [0.15, 0.2) is 0 Å². The first-order valence-electron chi connectivity index (χ1n) is 6.84. The van der Waals surface area contributed by atoms with Gasteiger partial charge in [-0.15, -0.1) is 0 Å². The summed E-state index contributed by atoms with van der Waals surface area (Å²) in [5.74, 6) is -1.39. The third-order valence-corrected chi connectivity index (χ3v) is 3.05. The van der Waals surface area contributed by atoms with Crippen LogP contribution in [0.5, 0.6) is 0 Å². The Bertz CT molecular complexity index is 303. The molecule has 1 heterocycles. The molecule has 2 atom stereocenters. The second kappa shape index (κ2) is 9.68. The lowest BCUT2D eigenvalue weighted by atomic mass is 10.2. The summed E-state index contributed by atoms with van der Waals surface area (Å²) in [6.07, 6.45) is 2.56. The first kappa shape index (κ1) is 16.9. The van der Waals surface area contributed by atoms with E-state index < -0.39 is 12.0 Å². The van der Waals surface area contributed by atoms with Gasteiger partial charge in [-0.3, -0.25) is 4.79 Å². The fourth-order valence-electron chi connectivity index (χ4n) is 1.92. The quantitative estimate of drug-likeness (QED) is 0.557. The zero-order chi connectivity index (χ0) is 14.8. The van der Waals surface area contributed by atoms with E-state index in [4.69, 9.17) is 19.3 Å². The van der Waals surface area contributed by atoms with Crippen molar-refractivity contribution in [1.29, 1.82) is 0 Å². The molecule has 0 aromatic rings. The monoisotopic (exact) mass is 289 g/mol. The summed E-state index contributed by atoms with van der Waals surface area (Å²) >= 11 is 0. The number of hydrogen-bond donors (Lipinski definition) is 2. The Balaban J connectivity index is 2.12. The zero-order valence-electron chi connectivity index (χ0n) is 11.8. The van der Waals surface area contributed by atoms with Crippen molar-refractivity contribution >= 4 is 11.9 Å². The fraction of sp³-hybridized carbons (Fsp3) is 0.846.